The molecule has 0 bridgehead atoms. The molecule has 4 aromatic rings. The number of sulfonamides is 1. The van der Waals surface area contributed by atoms with Gasteiger partial charge in [-0.1, -0.05) is 59.6 Å². The molecule has 0 aliphatic carbocycles. The van der Waals surface area contributed by atoms with E-state index in [1.165, 1.54) is 0 Å². The van der Waals surface area contributed by atoms with Gasteiger partial charge >= 0.3 is 0 Å². The van der Waals surface area contributed by atoms with Gasteiger partial charge in [-0.25, -0.2) is 13.1 Å². The van der Waals surface area contributed by atoms with Crippen LogP contribution in [0.1, 0.15) is 16.7 Å². The standard InChI is InChI=1S/C24H22ClN3O2S/c1-16-13-17(2)24(18(3)14-16)28-22(19-9-11-20(25)12-10-19)15-23(26-28)27-31(29,30)21-7-5-4-6-8-21/h4-15H,1-3H3,(H,26,27). The second kappa shape index (κ2) is 8.21. The number of hydrogen-bond donors (Lipinski definition) is 1. The molecule has 0 unspecified atom stereocenters. The van der Waals surface area contributed by atoms with E-state index >= 15 is 0 Å². The topological polar surface area (TPSA) is 64.0 Å². The summed E-state index contributed by atoms with van der Waals surface area (Å²) in [5.41, 5.74) is 5.81. The highest BCUT2D eigenvalue weighted by Crippen LogP contribution is 2.31. The van der Waals surface area contributed by atoms with Gasteiger partial charge in [-0.05, 0) is 56.2 Å². The van der Waals surface area contributed by atoms with Gasteiger partial charge in [-0.3, -0.25) is 4.72 Å². The maximum Gasteiger partial charge on any atom is 0.263 e. The van der Waals surface area contributed by atoms with Crippen molar-refractivity contribution < 1.29 is 8.42 Å². The molecule has 7 heteroatoms. The minimum absolute atomic E-state index is 0.181. The molecule has 0 amide bonds. The summed E-state index contributed by atoms with van der Waals surface area (Å²) in [5.74, 6) is 0.244. The predicted molar refractivity (Wildman–Crippen MR) is 125 cm³/mol. The molecule has 0 aliphatic rings. The number of rotatable bonds is 5. The fourth-order valence-corrected chi connectivity index (χ4v) is 4.86. The Balaban J connectivity index is 1.86. The Morgan fingerprint density at radius 3 is 2.10 bits per heavy atom. The van der Waals surface area contributed by atoms with Gasteiger partial charge in [0.1, 0.15) is 0 Å². The summed E-state index contributed by atoms with van der Waals surface area (Å²) in [6.07, 6.45) is 0. The first-order chi connectivity index (χ1) is 14.7. The van der Waals surface area contributed by atoms with E-state index in [0.717, 1.165) is 33.6 Å². The lowest BCUT2D eigenvalue weighted by atomic mass is 10.0. The van der Waals surface area contributed by atoms with E-state index in [9.17, 15) is 8.42 Å². The molecule has 158 valence electrons. The molecule has 1 N–H and O–H groups in total. The van der Waals surface area contributed by atoms with Gasteiger partial charge in [0.05, 0.1) is 16.3 Å². The maximum atomic E-state index is 12.8. The molecule has 0 atom stereocenters. The van der Waals surface area contributed by atoms with Gasteiger partial charge in [-0.15, -0.1) is 5.10 Å². The molecular weight excluding hydrogens is 430 g/mol. The van der Waals surface area contributed by atoms with Crippen molar-refractivity contribution in [1.82, 2.24) is 9.78 Å². The van der Waals surface area contributed by atoms with Crippen molar-refractivity contribution in [3.05, 3.63) is 94.5 Å². The number of aromatic nitrogens is 2. The second-order valence-corrected chi connectivity index (χ2v) is 9.62. The lowest BCUT2D eigenvalue weighted by molar-refractivity contribution is 0.601. The predicted octanol–water partition coefficient (Wildman–Crippen LogP) is 5.92. The summed E-state index contributed by atoms with van der Waals surface area (Å²) in [5, 5.41) is 5.26. The molecule has 0 saturated carbocycles. The smallest absolute Gasteiger partial charge is 0.262 e. The summed E-state index contributed by atoms with van der Waals surface area (Å²) in [6, 6.07) is 21.5. The Labute approximate surface area is 187 Å². The lowest BCUT2D eigenvalue weighted by Crippen LogP contribution is -2.13. The van der Waals surface area contributed by atoms with Gasteiger partial charge in [0.15, 0.2) is 5.82 Å². The second-order valence-electron chi connectivity index (χ2n) is 7.50. The summed E-state index contributed by atoms with van der Waals surface area (Å²) in [7, 11) is -3.76. The third kappa shape index (κ3) is 4.36. The monoisotopic (exact) mass is 451 g/mol. The van der Waals surface area contributed by atoms with Crippen molar-refractivity contribution in [2.24, 2.45) is 0 Å². The van der Waals surface area contributed by atoms with Crippen molar-refractivity contribution in [2.45, 2.75) is 25.7 Å². The number of aryl methyl sites for hydroxylation is 3. The third-order valence-electron chi connectivity index (χ3n) is 4.99. The van der Waals surface area contributed by atoms with Crippen LogP contribution in [0.3, 0.4) is 0 Å². The number of hydrogen-bond acceptors (Lipinski definition) is 3. The molecule has 0 fully saturated rings. The van der Waals surface area contributed by atoms with Crippen LogP contribution >= 0.6 is 11.6 Å². The average molecular weight is 452 g/mol. The van der Waals surface area contributed by atoms with Crippen LogP contribution in [0.2, 0.25) is 5.02 Å². The molecule has 3 aromatic carbocycles. The number of halogens is 1. The Morgan fingerprint density at radius 2 is 1.48 bits per heavy atom. The molecule has 0 radical (unpaired) electrons. The highest BCUT2D eigenvalue weighted by atomic mass is 35.5. The highest BCUT2D eigenvalue weighted by molar-refractivity contribution is 7.92. The molecule has 1 heterocycles. The maximum absolute atomic E-state index is 12.8. The van der Waals surface area contributed by atoms with Gasteiger partial charge < -0.3 is 0 Å². The molecule has 0 aliphatic heterocycles. The number of nitrogens with one attached hydrogen (secondary N) is 1. The Hall–Kier alpha value is -3.09. The number of anilines is 1. The molecule has 1 aromatic heterocycles. The van der Waals surface area contributed by atoms with E-state index in [1.54, 1.807) is 53.2 Å². The first-order valence-electron chi connectivity index (χ1n) is 9.77. The SMILES string of the molecule is Cc1cc(C)c(-n2nc(NS(=O)(=O)c3ccccc3)cc2-c2ccc(Cl)cc2)c(C)c1. The lowest BCUT2D eigenvalue weighted by Gasteiger charge is -2.14. The van der Waals surface area contributed by atoms with Crippen molar-refractivity contribution in [2.75, 3.05) is 4.72 Å². The average Bonchev–Trinajstić information content (AvgIpc) is 3.11. The van der Waals surface area contributed by atoms with Crippen LogP contribution in [0.25, 0.3) is 16.9 Å². The van der Waals surface area contributed by atoms with Crippen LogP contribution in [0.15, 0.2) is 77.7 Å². The fourth-order valence-electron chi connectivity index (χ4n) is 3.73. The van der Waals surface area contributed by atoms with Crippen molar-refractivity contribution in [3.63, 3.8) is 0 Å². The first-order valence-corrected chi connectivity index (χ1v) is 11.6. The number of benzene rings is 3. The summed E-state index contributed by atoms with van der Waals surface area (Å²) in [4.78, 5) is 0.181. The fraction of sp³-hybridized carbons (Fsp3) is 0.125. The molecule has 31 heavy (non-hydrogen) atoms. The zero-order valence-electron chi connectivity index (χ0n) is 17.4. The van der Waals surface area contributed by atoms with E-state index < -0.39 is 10.0 Å². The highest BCUT2D eigenvalue weighted by Gasteiger charge is 2.20. The Morgan fingerprint density at radius 1 is 0.871 bits per heavy atom. The van der Waals surface area contributed by atoms with Crippen LogP contribution < -0.4 is 4.72 Å². The van der Waals surface area contributed by atoms with Crippen LogP contribution in [0, 0.1) is 20.8 Å². The van der Waals surface area contributed by atoms with Gasteiger partial charge in [0, 0.05) is 16.7 Å². The summed E-state index contributed by atoms with van der Waals surface area (Å²) < 4.78 is 30.1. The van der Waals surface area contributed by atoms with Gasteiger partial charge in [-0.2, -0.15) is 0 Å². The van der Waals surface area contributed by atoms with Gasteiger partial charge in [0.2, 0.25) is 0 Å². The van der Waals surface area contributed by atoms with E-state index in [4.69, 9.17) is 11.6 Å². The summed E-state index contributed by atoms with van der Waals surface area (Å²) >= 11 is 6.07. The van der Waals surface area contributed by atoms with Crippen LogP contribution in [0.5, 0.6) is 0 Å². The van der Waals surface area contributed by atoms with Crippen LogP contribution in [0.4, 0.5) is 5.82 Å². The Bertz CT molecular complexity index is 1320. The van der Waals surface area contributed by atoms with Crippen LogP contribution in [-0.4, -0.2) is 18.2 Å². The number of nitrogens with zero attached hydrogens (tertiary/aromatic N) is 2. The van der Waals surface area contributed by atoms with Gasteiger partial charge in [0.25, 0.3) is 10.0 Å². The summed E-state index contributed by atoms with van der Waals surface area (Å²) in [6.45, 7) is 6.10. The first kappa shape index (κ1) is 21.2. The molecule has 0 spiro atoms. The quantitative estimate of drug-likeness (QED) is 0.409. The van der Waals surface area contributed by atoms with Crippen molar-refractivity contribution in [1.29, 1.82) is 0 Å². The van der Waals surface area contributed by atoms with Crippen molar-refractivity contribution in [3.8, 4) is 16.9 Å². The normalized spacial score (nSPS) is 11.5. The largest absolute Gasteiger partial charge is 0.263 e. The molecule has 0 saturated heterocycles. The van der Waals surface area contributed by atoms with Crippen LogP contribution in [-0.2, 0) is 10.0 Å². The third-order valence-corrected chi connectivity index (χ3v) is 6.61. The van der Waals surface area contributed by atoms with Crippen molar-refractivity contribution >= 4 is 27.4 Å². The van der Waals surface area contributed by atoms with E-state index in [-0.39, 0.29) is 10.7 Å². The van der Waals surface area contributed by atoms with E-state index in [1.807, 2.05) is 32.9 Å². The Kier molecular flexibility index (Phi) is 5.60. The minimum atomic E-state index is -3.76. The zero-order valence-corrected chi connectivity index (χ0v) is 19.0. The van der Waals surface area contributed by atoms with E-state index in [0.29, 0.717) is 5.02 Å². The minimum Gasteiger partial charge on any atom is -0.262 e. The molecule has 4 rings (SSSR count). The van der Waals surface area contributed by atoms with E-state index in [2.05, 4.69) is 22.0 Å². The molecular formula is C24H22ClN3O2S. The zero-order chi connectivity index (χ0) is 22.2. The molecule has 5 nitrogen and oxygen atoms in total.